The average molecular weight is 234 g/mol. The predicted molar refractivity (Wildman–Crippen MR) is 48.4 cm³/mol. The number of ether oxygens (including phenoxy) is 1. The summed E-state index contributed by atoms with van der Waals surface area (Å²) < 4.78 is 4.73. The van der Waals surface area contributed by atoms with Gasteiger partial charge >= 0.3 is 6.09 Å². The first-order valence-corrected chi connectivity index (χ1v) is 5.16. The van der Waals surface area contributed by atoms with Gasteiger partial charge in [0.05, 0.1) is 7.11 Å². The summed E-state index contributed by atoms with van der Waals surface area (Å²) >= 11 is 3.58. The van der Waals surface area contributed by atoms with E-state index in [1.165, 1.54) is 7.11 Å². The quantitative estimate of drug-likeness (QED) is 0.597. The summed E-state index contributed by atoms with van der Waals surface area (Å²) in [5.74, 6) is 0. The van der Waals surface area contributed by atoms with Crippen LogP contribution in [0.5, 0.6) is 0 Å². The van der Waals surface area contributed by atoms with Crippen LogP contribution in [0.25, 0.3) is 0 Å². The molecule has 2 bridgehead atoms. The van der Waals surface area contributed by atoms with E-state index in [4.69, 9.17) is 4.74 Å². The maximum atomic E-state index is 11.3. The molecule has 3 atom stereocenters. The van der Waals surface area contributed by atoms with Crippen LogP contribution < -0.4 is 0 Å². The minimum Gasteiger partial charge on any atom is -0.453 e. The summed E-state index contributed by atoms with van der Waals surface area (Å²) in [4.78, 5) is 13.7. The van der Waals surface area contributed by atoms with E-state index in [1.807, 2.05) is 4.90 Å². The molecule has 1 amide bonds. The molecule has 2 heterocycles. The molecule has 2 saturated heterocycles. The van der Waals surface area contributed by atoms with Crippen molar-refractivity contribution in [1.29, 1.82) is 0 Å². The van der Waals surface area contributed by atoms with Gasteiger partial charge in [0.2, 0.25) is 0 Å². The molecule has 0 spiro atoms. The molecule has 0 N–H and O–H groups in total. The van der Waals surface area contributed by atoms with E-state index in [2.05, 4.69) is 15.9 Å². The highest BCUT2D eigenvalue weighted by molar-refractivity contribution is 9.09. The van der Waals surface area contributed by atoms with Crippen molar-refractivity contribution < 1.29 is 9.53 Å². The van der Waals surface area contributed by atoms with Crippen LogP contribution in [0.3, 0.4) is 0 Å². The summed E-state index contributed by atoms with van der Waals surface area (Å²) in [6.07, 6.45) is 3.18. The maximum absolute atomic E-state index is 11.3. The van der Waals surface area contributed by atoms with E-state index in [-0.39, 0.29) is 6.09 Å². The molecule has 3 nitrogen and oxygen atoms in total. The molecule has 2 fully saturated rings. The Hall–Kier alpha value is -0.250. The number of fused-ring (bicyclic) bond motifs is 2. The summed E-state index contributed by atoms with van der Waals surface area (Å²) in [6.45, 7) is 0. The van der Waals surface area contributed by atoms with Crippen molar-refractivity contribution in [2.24, 2.45) is 0 Å². The zero-order valence-electron chi connectivity index (χ0n) is 7.00. The van der Waals surface area contributed by atoms with Crippen molar-refractivity contribution in [3.63, 3.8) is 0 Å². The summed E-state index contributed by atoms with van der Waals surface area (Å²) in [6, 6.07) is 0.800. The van der Waals surface area contributed by atoms with Crippen LogP contribution >= 0.6 is 15.9 Å². The van der Waals surface area contributed by atoms with Crippen LogP contribution in [0.1, 0.15) is 19.3 Å². The lowest BCUT2D eigenvalue weighted by Gasteiger charge is -2.20. The number of hydrogen-bond donors (Lipinski definition) is 0. The zero-order chi connectivity index (χ0) is 8.72. The molecule has 0 aromatic rings. The normalized spacial score (nSPS) is 38.8. The Kier molecular flexibility index (Phi) is 2.02. The summed E-state index contributed by atoms with van der Waals surface area (Å²) in [7, 11) is 1.45. The van der Waals surface area contributed by atoms with Gasteiger partial charge in [-0.15, -0.1) is 0 Å². The fourth-order valence-electron chi connectivity index (χ4n) is 2.31. The van der Waals surface area contributed by atoms with Crippen molar-refractivity contribution >= 4 is 22.0 Å². The molecule has 0 aromatic carbocycles. The van der Waals surface area contributed by atoms with Gasteiger partial charge in [0.1, 0.15) is 0 Å². The number of halogens is 1. The highest BCUT2D eigenvalue weighted by atomic mass is 79.9. The standard InChI is InChI=1S/C8H12BrNO2/c1-12-8(11)10-5-2-3-7(10)6(9)4-5/h5-7H,2-4H2,1H3/t5-,6-,7+/m0/s1. The number of carbonyl (C=O) groups excluding carboxylic acids is 1. The van der Waals surface area contributed by atoms with Crippen molar-refractivity contribution in [2.45, 2.75) is 36.2 Å². The Labute approximate surface area is 80.2 Å². The Morgan fingerprint density at radius 2 is 2.33 bits per heavy atom. The summed E-state index contributed by atoms with van der Waals surface area (Å²) in [5, 5.41) is 0. The number of rotatable bonds is 0. The van der Waals surface area contributed by atoms with Crippen LogP contribution in [0.15, 0.2) is 0 Å². The van der Waals surface area contributed by atoms with E-state index in [9.17, 15) is 4.79 Å². The van der Waals surface area contributed by atoms with E-state index < -0.39 is 0 Å². The van der Waals surface area contributed by atoms with E-state index in [1.54, 1.807) is 0 Å². The SMILES string of the molecule is COC(=O)N1[C@H]2CC[C@@H]1[C@@H](Br)C2. The first-order valence-electron chi connectivity index (χ1n) is 4.24. The third-order valence-corrected chi connectivity index (χ3v) is 3.83. The summed E-state index contributed by atoms with van der Waals surface area (Å²) in [5.41, 5.74) is 0. The van der Waals surface area contributed by atoms with Crippen molar-refractivity contribution in [1.82, 2.24) is 4.90 Å². The van der Waals surface area contributed by atoms with Crippen LogP contribution in [0, 0.1) is 0 Å². The second-order valence-electron chi connectivity index (χ2n) is 3.43. The molecule has 12 heavy (non-hydrogen) atoms. The van der Waals surface area contributed by atoms with E-state index in [0.29, 0.717) is 16.9 Å². The van der Waals surface area contributed by atoms with Crippen LogP contribution in [0.2, 0.25) is 0 Å². The van der Waals surface area contributed by atoms with Gasteiger partial charge in [-0.25, -0.2) is 4.79 Å². The third-order valence-electron chi connectivity index (χ3n) is 2.85. The molecule has 2 aliphatic heterocycles. The van der Waals surface area contributed by atoms with E-state index >= 15 is 0 Å². The molecule has 2 aliphatic rings. The highest BCUT2D eigenvalue weighted by Gasteiger charge is 2.47. The van der Waals surface area contributed by atoms with Crippen molar-refractivity contribution in [2.75, 3.05) is 7.11 Å². The first-order chi connectivity index (χ1) is 5.74. The number of nitrogens with zero attached hydrogens (tertiary/aromatic N) is 1. The second-order valence-corrected chi connectivity index (χ2v) is 4.60. The topological polar surface area (TPSA) is 29.5 Å². The Balaban J connectivity index is 2.13. The Morgan fingerprint density at radius 1 is 1.58 bits per heavy atom. The molecule has 0 saturated carbocycles. The molecule has 0 aromatic heterocycles. The van der Waals surface area contributed by atoms with Gasteiger partial charge in [0, 0.05) is 16.9 Å². The number of alkyl halides is 1. The highest BCUT2D eigenvalue weighted by Crippen LogP contribution is 2.41. The Morgan fingerprint density at radius 3 is 2.75 bits per heavy atom. The van der Waals surface area contributed by atoms with Gasteiger partial charge in [-0.3, -0.25) is 0 Å². The van der Waals surface area contributed by atoms with Crippen LogP contribution in [-0.2, 0) is 4.74 Å². The molecule has 0 aliphatic carbocycles. The number of methoxy groups -OCH3 is 1. The second kappa shape index (κ2) is 2.91. The Bertz CT molecular complexity index is 209. The molecular formula is C8H12BrNO2. The largest absolute Gasteiger partial charge is 0.453 e. The first kappa shape index (κ1) is 8.35. The smallest absolute Gasteiger partial charge is 0.410 e. The zero-order valence-corrected chi connectivity index (χ0v) is 8.58. The van der Waals surface area contributed by atoms with Gasteiger partial charge in [-0.1, -0.05) is 15.9 Å². The molecule has 4 heteroatoms. The lowest BCUT2D eigenvalue weighted by Crippen LogP contribution is -2.36. The van der Waals surface area contributed by atoms with Crippen LogP contribution in [-0.4, -0.2) is 35.0 Å². The van der Waals surface area contributed by atoms with Gasteiger partial charge in [0.15, 0.2) is 0 Å². The predicted octanol–water partition coefficient (Wildman–Crippen LogP) is 1.75. The van der Waals surface area contributed by atoms with E-state index in [0.717, 1.165) is 19.3 Å². The molecular weight excluding hydrogens is 222 g/mol. The fraction of sp³-hybridized carbons (Fsp3) is 0.875. The number of amides is 1. The molecule has 68 valence electrons. The minimum atomic E-state index is -0.163. The fourth-order valence-corrected chi connectivity index (χ4v) is 3.26. The third kappa shape index (κ3) is 1.04. The van der Waals surface area contributed by atoms with Gasteiger partial charge in [-0.2, -0.15) is 0 Å². The maximum Gasteiger partial charge on any atom is 0.410 e. The molecule has 0 radical (unpaired) electrons. The van der Waals surface area contributed by atoms with Crippen molar-refractivity contribution in [3.05, 3.63) is 0 Å². The lowest BCUT2D eigenvalue weighted by atomic mass is 10.0. The number of hydrogen-bond acceptors (Lipinski definition) is 2. The van der Waals surface area contributed by atoms with Gasteiger partial charge < -0.3 is 9.64 Å². The van der Waals surface area contributed by atoms with Crippen LogP contribution in [0.4, 0.5) is 4.79 Å². The van der Waals surface area contributed by atoms with Crippen molar-refractivity contribution in [3.8, 4) is 0 Å². The van der Waals surface area contributed by atoms with Gasteiger partial charge in [-0.05, 0) is 19.3 Å². The minimum absolute atomic E-state index is 0.163. The monoisotopic (exact) mass is 233 g/mol. The number of carbonyl (C=O) groups is 1. The van der Waals surface area contributed by atoms with Gasteiger partial charge in [0.25, 0.3) is 0 Å². The lowest BCUT2D eigenvalue weighted by molar-refractivity contribution is 0.118. The molecule has 2 rings (SSSR count). The average Bonchev–Trinajstić information content (AvgIpc) is 2.59. The molecule has 0 unspecified atom stereocenters.